The monoisotopic (exact) mass is 290 g/mol. The molecule has 2 saturated carbocycles. The van der Waals surface area contributed by atoms with Crippen molar-refractivity contribution in [1.82, 2.24) is 0 Å². The fourth-order valence-corrected chi connectivity index (χ4v) is 8.18. The highest BCUT2D eigenvalue weighted by molar-refractivity contribution is 8.20. The smallest absolute Gasteiger partial charge is 0.141 e. The number of carbonyl (C=O) groups excluding carboxylic acids is 1. The van der Waals surface area contributed by atoms with E-state index in [1.54, 1.807) is 0 Å². The van der Waals surface area contributed by atoms with Gasteiger partial charge in [-0.2, -0.15) is 0 Å². The summed E-state index contributed by atoms with van der Waals surface area (Å²) in [5.41, 5.74) is 0.375. The maximum absolute atomic E-state index is 12.6. The summed E-state index contributed by atoms with van der Waals surface area (Å²) in [6, 6.07) is 8.64. The average Bonchev–Trinajstić information content (AvgIpc) is 2.82. The molecule has 1 aromatic carbocycles. The first-order valence-electron chi connectivity index (χ1n) is 7.02. The second-order valence-corrected chi connectivity index (χ2v) is 9.72. The molecule has 19 heavy (non-hydrogen) atoms. The number of rotatable bonds is 0. The third kappa shape index (κ3) is 1.67. The van der Waals surface area contributed by atoms with Crippen molar-refractivity contribution in [1.29, 1.82) is 0 Å². The lowest BCUT2D eigenvalue weighted by molar-refractivity contribution is -0.129. The molecular formula is C16H18OS2. The molecule has 2 bridgehead atoms. The van der Waals surface area contributed by atoms with Crippen LogP contribution in [0.2, 0.25) is 0 Å². The molecule has 0 N–H and O–H groups in total. The van der Waals surface area contributed by atoms with Crippen LogP contribution in [0.5, 0.6) is 0 Å². The number of ketones is 1. The lowest BCUT2D eigenvalue weighted by Gasteiger charge is -2.32. The second kappa shape index (κ2) is 3.82. The van der Waals surface area contributed by atoms with Crippen molar-refractivity contribution in [2.24, 2.45) is 17.3 Å². The van der Waals surface area contributed by atoms with Gasteiger partial charge in [-0.3, -0.25) is 4.79 Å². The van der Waals surface area contributed by atoms with Crippen LogP contribution in [0.15, 0.2) is 34.1 Å². The van der Waals surface area contributed by atoms with Gasteiger partial charge in [0.1, 0.15) is 5.78 Å². The van der Waals surface area contributed by atoms with Gasteiger partial charge < -0.3 is 0 Å². The molecule has 1 heterocycles. The molecule has 0 aromatic heterocycles. The summed E-state index contributed by atoms with van der Waals surface area (Å²) >= 11 is 3.94. The summed E-state index contributed by atoms with van der Waals surface area (Å²) < 4.78 is 0.0975. The van der Waals surface area contributed by atoms with E-state index in [0.29, 0.717) is 11.2 Å². The number of thioether (sulfide) groups is 2. The van der Waals surface area contributed by atoms with Crippen LogP contribution in [0.1, 0.15) is 33.1 Å². The predicted octanol–water partition coefficient (Wildman–Crippen LogP) is 4.61. The van der Waals surface area contributed by atoms with E-state index < -0.39 is 0 Å². The Kier molecular flexibility index (Phi) is 2.48. The van der Waals surface area contributed by atoms with Crippen LogP contribution in [0, 0.1) is 17.3 Å². The van der Waals surface area contributed by atoms with E-state index in [4.69, 9.17) is 0 Å². The molecule has 1 aromatic rings. The highest BCUT2D eigenvalue weighted by atomic mass is 32.2. The van der Waals surface area contributed by atoms with E-state index in [1.807, 2.05) is 23.5 Å². The zero-order valence-corrected chi connectivity index (χ0v) is 12.9. The Labute approximate surface area is 122 Å². The Balaban J connectivity index is 1.76. The van der Waals surface area contributed by atoms with Gasteiger partial charge in [0.15, 0.2) is 0 Å². The highest BCUT2D eigenvalue weighted by Crippen LogP contribution is 2.71. The third-order valence-electron chi connectivity index (χ3n) is 4.94. The maximum atomic E-state index is 12.6. The minimum Gasteiger partial charge on any atom is -0.299 e. The van der Waals surface area contributed by atoms with Gasteiger partial charge in [-0.15, -0.1) is 23.5 Å². The van der Waals surface area contributed by atoms with Gasteiger partial charge in [0.05, 0.1) is 4.08 Å². The number of carbonyl (C=O) groups is 1. The lowest BCUT2D eigenvalue weighted by atomic mass is 9.72. The molecule has 3 atom stereocenters. The number of hydrogen-bond acceptors (Lipinski definition) is 3. The summed E-state index contributed by atoms with van der Waals surface area (Å²) in [6.07, 6.45) is 3.37. The summed E-state index contributed by atoms with van der Waals surface area (Å²) in [5.74, 6) is 1.03. The van der Waals surface area contributed by atoms with Gasteiger partial charge in [0.25, 0.3) is 0 Å². The quantitative estimate of drug-likeness (QED) is 0.695. The van der Waals surface area contributed by atoms with E-state index in [-0.39, 0.29) is 15.9 Å². The number of fused-ring (bicyclic) bond motifs is 4. The molecule has 4 rings (SSSR count). The van der Waals surface area contributed by atoms with Crippen LogP contribution in [-0.4, -0.2) is 9.86 Å². The molecule has 3 heteroatoms. The SMILES string of the molecule is CC1C[C@@]2(C)C[C@H](C1=O)C1(C2)Sc2ccccc2S1. The number of benzene rings is 1. The first-order valence-corrected chi connectivity index (χ1v) is 8.66. The van der Waals surface area contributed by atoms with Crippen LogP contribution in [-0.2, 0) is 4.79 Å². The number of hydrogen-bond donors (Lipinski definition) is 0. The van der Waals surface area contributed by atoms with Gasteiger partial charge in [-0.25, -0.2) is 0 Å². The summed E-state index contributed by atoms with van der Waals surface area (Å²) in [5, 5.41) is 0. The van der Waals surface area contributed by atoms with E-state index in [2.05, 4.69) is 38.1 Å². The van der Waals surface area contributed by atoms with Gasteiger partial charge in [0, 0.05) is 21.6 Å². The predicted molar refractivity (Wildman–Crippen MR) is 80.5 cm³/mol. The van der Waals surface area contributed by atoms with Crippen LogP contribution in [0.3, 0.4) is 0 Å². The molecule has 1 spiro atoms. The lowest BCUT2D eigenvalue weighted by Crippen LogP contribution is -2.35. The molecular weight excluding hydrogens is 272 g/mol. The van der Waals surface area contributed by atoms with Gasteiger partial charge in [0.2, 0.25) is 0 Å². The van der Waals surface area contributed by atoms with Crippen molar-refractivity contribution in [2.45, 2.75) is 47.0 Å². The van der Waals surface area contributed by atoms with Crippen LogP contribution >= 0.6 is 23.5 Å². The fourth-order valence-electron chi connectivity index (χ4n) is 4.32. The summed E-state index contributed by atoms with van der Waals surface area (Å²) in [6.45, 7) is 4.52. The molecule has 3 aliphatic rings. The van der Waals surface area contributed by atoms with Crippen molar-refractivity contribution in [3.63, 3.8) is 0 Å². The Bertz CT molecular complexity index is 543. The Morgan fingerprint density at radius 1 is 1.16 bits per heavy atom. The van der Waals surface area contributed by atoms with E-state index in [1.165, 1.54) is 16.2 Å². The normalized spacial score (nSPS) is 38.7. The Morgan fingerprint density at radius 3 is 2.42 bits per heavy atom. The number of Topliss-reactive ketones (excluding diaryl/α,β-unsaturated/α-hetero) is 1. The highest BCUT2D eigenvalue weighted by Gasteiger charge is 2.62. The molecule has 100 valence electrons. The van der Waals surface area contributed by atoms with E-state index >= 15 is 0 Å². The first kappa shape index (κ1) is 12.3. The summed E-state index contributed by atoms with van der Waals surface area (Å²) in [7, 11) is 0. The molecule has 1 aliphatic heterocycles. The molecule has 0 radical (unpaired) electrons. The zero-order chi connectivity index (χ0) is 13.3. The average molecular weight is 290 g/mol. The van der Waals surface area contributed by atoms with Crippen LogP contribution < -0.4 is 0 Å². The topological polar surface area (TPSA) is 17.1 Å². The van der Waals surface area contributed by atoms with Gasteiger partial charge in [-0.1, -0.05) is 26.0 Å². The molecule has 1 nitrogen and oxygen atoms in total. The van der Waals surface area contributed by atoms with Crippen LogP contribution in [0.25, 0.3) is 0 Å². The zero-order valence-electron chi connectivity index (χ0n) is 11.3. The maximum Gasteiger partial charge on any atom is 0.141 e. The van der Waals surface area contributed by atoms with Gasteiger partial charge in [-0.05, 0) is 36.8 Å². The molecule has 0 amide bonds. The fraction of sp³-hybridized carbons (Fsp3) is 0.562. The summed E-state index contributed by atoms with van der Waals surface area (Å²) in [4.78, 5) is 15.4. The van der Waals surface area contributed by atoms with E-state index in [9.17, 15) is 4.79 Å². The Hall–Kier alpha value is -0.410. The van der Waals surface area contributed by atoms with Crippen molar-refractivity contribution >= 4 is 29.3 Å². The van der Waals surface area contributed by atoms with Crippen LogP contribution in [0.4, 0.5) is 0 Å². The second-order valence-electron chi connectivity index (χ2n) is 6.71. The van der Waals surface area contributed by atoms with Crippen molar-refractivity contribution in [2.75, 3.05) is 0 Å². The third-order valence-corrected chi connectivity index (χ3v) is 8.27. The van der Waals surface area contributed by atoms with E-state index in [0.717, 1.165) is 12.8 Å². The van der Waals surface area contributed by atoms with Gasteiger partial charge >= 0.3 is 0 Å². The Morgan fingerprint density at radius 2 is 1.79 bits per heavy atom. The molecule has 1 unspecified atom stereocenters. The molecule has 2 aliphatic carbocycles. The van der Waals surface area contributed by atoms with Crippen molar-refractivity contribution in [3.8, 4) is 0 Å². The van der Waals surface area contributed by atoms with Crippen molar-refractivity contribution in [3.05, 3.63) is 24.3 Å². The molecule has 2 fully saturated rings. The largest absolute Gasteiger partial charge is 0.299 e. The van der Waals surface area contributed by atoms with Crippen molar-refractivity contribution < 1.29 is 4.79 Å². The molecule has 0 saturated heterocycles. The minimum atomic E-state index is 0.0975. The standard InChI is InChI=1S/C16H18OS2/c1-10-7-15(2)8-11(14(10)17)16(9-15)18-12-5-3-4-6-13(12)19-16/h3-6,10-11H,7-9H2,1-2H3/t10?,11-,15+/m1/s1. The first-order chi connectivity index (χ1) is 9.01. The minimum absolute atomic E-state index is 0.0975.